The Morgan fingerprint density at radius 1 is 1.06 bits per heavy atom. The van der Waals surface area contributed by atoms with Gasteiger partial charge in [0.2, 0.25) is 0 Å². The maximum Gasteiger partial charge on any atom is 0.133 e. The van der Waals surface area contributed by atoms with Crippen LogP contribution in [-0.4, -0.2) is 18.5 Å². The minimum Gasteiger partial charge on any atom is -0.378 e. The van der Waals surface area contributed by atoms with Gasteiger partial charge in [-0.15, -0.1) is 0 Å². The first-order valence-electron chi connectivity index (χ1n) is 7.41. The summed E-state index contributed by atoms with van der Waals surface area (Å²) in [5.74, 6) is 1.85. The molecule has 2 aliphatic rings. The smallest absolute Gasteiger partial charge is 0.133 e. The highest BCUT2D eigenvalue weighted by molar-refractivity contribution is 5.79. The third-order valence-corrected chi connectivity index (χ3v) is 4.35. The fourth-order valence-electron chi connectivity index (χ4n) is 3.33. The molecular formula is C15H26O2. The number of hydrogen-bond donors (Lipinski definition) is 0. The minimum absolute atomic E-state index is 0.451. The van der Waals surface area contributed by atoms with Crippen LogP contribution in [0.1, 0.15) is 64.7 Å². The van der Waals surface area contributed by atoms with Gasteiger partial charge in [-0.1, -0.05) is 32.1 Å². The van der Waals surface area contributed by atoms with Gasteiger partial charge >= 0.3 is 0 Å². The van der Waals surface area contributed by atoms with Crippen LogP contribution < -0.4 is 0 Å². The normalized spacial score (nSPS) is 29.9. The molecule has 2 rings (SSSR count). The van der Waals surface area contributed by atoms with Crippen LogP contribution in [0.2, 0.25) is 0 Å². The van der Waals surface area contributed by atoms with E-state index in [0.717, 1.165) is 32.3 Å². The van der Waals surface area contributed by atoms with Crippen LogP contribution in [0.4, 0.5) is 0 Å². The minimum atomic E-state index is 0.451. The Balaban J connectivity index is 1.58. The molecule has 0 heterocycles. The standard InChI is InChI=1S/C15H26O2/c1-2-17-15-10-13(11-15)9-14(16)8-12-6-4-3-5-7-12/h12-13,15H,2-11H2,1H3. The highest BCUT2D eigenvalue weighted by Crippen LogP contribution is 2.34. The van der Waals surface area contributed by atoms with E-state index >= 15 is 0 Å². The highest BCUT2D eigenvalue weighted by Gasteiger charge is 2.31. The third kappa shape index (κ3) is 4.09. The quantitative estimate of drug-likeness (QED) is 0.704. The molecule has 0 radical (unpaired) electrons. The second kappa shape index (κ2) is 6.53. The maximum atomic E-state index is 11.9. The van der Waals surface area contributed by atoms with Gasteiger partial charge in [0, 0.05) is 19.4 Å². The second-order valence-electron chi connectivity index (χ2n) is 5.87. The van der Waals surface area contributed by atoms with Gasteiger partial charge in [0.1, 0.15) is 5.78 Å². The summed E-state index contributed by atoms with van der Waals surface area (Å²) in [5, 5.41) is 0. The lowest BCUT2D eigenvalue weighted by Gasteiger charge is -2.34. The molecular weight excluding hydrogens is 212 g/mol. The molecule has 0 bridgehead atoms. The summed E-state index contributed by atoms with van der Waals surface area (Å²) >= 11 is 0. The molecule has 2 saturated carbocycles. The van der Waals surface area contributed by atoms with Crippen molar-refractivity contribution >= 4 is 5.78 Å². The monoisotopic (exact) mass is 238 g/mol. The first-order chi connectivity index (χ1) is 8.28. The number of hydrogen-bond acceptors (Lipinski definition) is 2. The summed E-state index contributed by atoms with van der Waals surface area (Å²) in [5.41, 5.74) is 0. The molecule has 0 unspecified atom stereocenters. The summed E-state index contributed by atoms with van der Waals surface area (Å²) in [7, 11) is 0. The van der Waals surface area contributed by atoms with Crippen LogP contribution in [0, 0.1) is 11.8 Å². The number of Topliss-reactive ketones (excluding diaryl/α,β-unsaturated/α-hetero) is 1. The predicted molar refractivity (Wildman–Crippen MR) is 69.0 cm³/mol. The van der Waals surface area contributed by atoms with Crippen molar-refractivity contribution < 1.29 is 9.53 Å². The van der Waals surface area contributed by atoms with Crippen molar-refractivity contribution in [1.29, 1.82) is 0 Å². The number of ether oxygens (including phenoxy) is 1. The lowest BCUT2D eigenvalue weighted by Crippen LogP contribution is -2.33. The molecule has 17 heavy (non-hydrogen) atoms. The van der Waals surface area contributed by atoms with Crippen molar-refractivity contribution in [3.63, 3.8) is 0 Å². The molecule has 98 valence electrons. The van der Waals surface area contributed by atoms with Gasteiger partial charge in [-0.05, 0) is 31.6 Å². The van der Waals surface area contributed by atoms with Crippen molar-refractivity contribution in [3.05, 3.63) is 0 Å². The van der Waals surface area contributed by atoms with Gasteiger partial charge in [-0.25, -0.2) is 0 Å². The lowest BCUT2D eigenvalue weighted by molar-refractivity contribution is -0.123. The van der Waals surface area contributed by atoms with Gasteiger partial charge in [-0.2, -0.15) is 0 Å². The first-order valence-corrected chi connectivity index (χ1v) is 7.41. The summed E-state index contributed by atoms with van der Waals surface area (Å²) in [6, 6.07) is 0. The van der Waals surface area contributed by atoms with E-state index in [4.69, 9.17) is 4.74 Å². The molecule has 2 nitrogen and oxygen atoms in total. The molecule has 0 aromatic carbocycles. The molecule has 0 amide bonds. The largest absolute Gasteiger partial charge is 0.378 e. The Bertz CT molecular complexity index is 237. The zero-order chi connectivity index (χ0) is 12.1. The Labute approximate surface area is 105 Å². The van der Waals surface area contributed by atoms with E-state index in [1.165, 1.54) is 32.1 Å². The molecule has 2 fully saturated rings. The van der Waals surface area contributed by atoms with Crippen molar-refractivity contribution in [2.75, 3.05) is 6.61 Å². The Hall–Kier alpha value is -0.370. The van der Waals surface area contributed by atoms with Crippen molar-refractivity contribution in [1.82, 2.24) is 0 Å². The van der Waals surface area contributed by atoms with E-state index in [2.05, 4.69) is 0 Å². The molecule has 0 aromatic rings. The molecule has 0 N–H and O–H groups in total. The van der Waals surface area contributed by atoms with Crippen LogP contribution in [-0.2, 0) is 9.53 Å². The van der Waals surface area contributed by atoms with Gasteiger partial charge in [-0.3, -0.25) is 4.79 Å². The van der Waals surface area contributed by atoms with E-state index in [9.17, 15) is 4.79 Å². The topological polar surface area (TPSA) is 26.3 Å². The summed E-state index contributed by atoms with van der Waals surface area (Å²) in [4.78, 5) is 11.9. The molecule has 0 aromatic heterocycles. The Kier molecular flexibility index (Phi) is 5.02. The predicted octanol–water partition coefficient (Wildman–Crippen LogP) is 3.73. The van der Waals surface area contributed by atoms with E-state index in [0.29, 0.717) is 23.7 Å². The molecule has 2 aliphatic carbocycles. The summed E-state index contributed by atoms with van der Waals surface area (Å²) in [6.45, 7) is 2.86. The zero-order valence-corrected chi connectivity index (χ0v) is 11.1. The third-order valence-electron chi connectivity index (χ3n) is 4.35. The van der Waals surface area contributed by atoms with Crippen molar-refractivity contribution in [2.24, 2.45) is 11.8 Å². The van der Waals surface area contributed by atoms with Crippen LogP contribution in [0.25, 0.3) is 0 Å². The maximum absolute atomic E-state index is 11.9. The number of carbonyl (C=O) groups is 1. The Morgan fingerprint density at radius 3 is 2.35 bits per heavy atom. The van der Waals surface area contributed by atoms with E-state index in [1.807, 2.05) is 6.92 Å². The fourth-order valence-corrected chi connectivity index (χ4v) is 3.33. The van der Waals surface area contributed by atoms with Crippen LogP contribution in [0.3, 0.4) is 0 Å². The van der Waals surface area contributed by atoms with E-state index in [-0.39, 0.29) is 0 Å². The average molecular weight is 238 g/mol. The summed E-state index contributed by atoms with van der Waals surface area (Å²) < 4.78 is 5.53. The second-order valence-corrected chi connectivity index (χ2v) is 5.87. The van der Waals surface area contributed by atoms with E-state index < -0.39 is 0 Å². The Morgan fingerprint density at radius 2 is 1.71 bits per heavy atom. The number of ketones is 1. The van der Waals surface area contributed by atoms with Crippen LogP contribution in [0.15, 0.2) is 0 Å². The average Bonchev–Trinajstić information content (AvgIpc) is 2.27. The zero-order valence-electron chi connectivity index (χ0n) is 11.1. The van der Waals surface area contributed by atoms with Gasteiger partial charge in [0.05, 0.1) is 6.10 Å². The fraction of sp³-hybridized carbons (Fsp3) is 0.933. The van der Waals surface area contributed by atoms with Gasteiger partial charge in [0.15, 0.2) is 0 Å². The van der Waals surface area contributed by atoms with E-state index in [1.54, 1.807) is 0 Å². The number of rotatable bonds is 6. The first kappa shape index (κ1) is 13.1. The van der Waals surface area contributed by atoms with Crippen molar-refractivity contribution in [2.45, 2.75) is 70.8 Å². The van der Waals surface area contributed by atoms with Gasteiger partial charge in [0.25, 0.3) is 0 Å². The lowest BCUT2D eigenvalue weighted by atomic mass is 9.77. The van der Waals surface area contributed by atoms with Gasteiger partial charge < -0.3 is 4.74 Å². The highest BCUT2D eigenvalue weighted by atomic mass is 16.5. The molecule has 2 heteroatoms. The SMILES string of the molecule is CCOC1CC(CC(=O)CC2CCCCC2)C1. The van der Waals surface area contributed by atoms with Crippen LogP contribution in [0.5, 0.6) is 0 Å². The number of carbonyl (C=O) groups excluding carboxylic acids is 1. The van der Waals surface area contributed by atoms with Crippen LogP contribution >= 0.6 is 0 Å². The molecule has 0 spiro atoms. The molecule has 0 aliphatic heterocycles. The summed E-state index contributed by atoms with van der Waals surface area (Å²) in [6.07, 6.45) is 11.0. The molecule has 0 saturated heterocycles. The van der Waals surface area contributed by atoms with Crippen molar-refractivity contribution in [3.8, 4) is 0 Å². The molecule has 0 atom stereocenters.